The molecule has 0 aliphatic rings. The van der Waals surface area contributed by atoms with Gasteiger partial charge in [0, 0.05) is 29.3 Å². The predicted octanol–water partition coefficient (Wildman–Crippen LogP) is 4.06. The lowest BCUT2D eigenvalue weighted by molar-refractivity contribution is -0.274. The second-order valence-electron chi connectivity index (χ2n) is 6.73. The van der Waals surface area contributed by atoms with Gasteiger partial charge in [0.05, 0.1) is 11.9 Å². The van der Waals surface area contributed by atoms with Crippen molar-refractivity contribution in [1.29, 1.82) is 0 Å². The third-order valence-electron chi connectivity index (χ3n) is 4.65. The Labute approximate surface area is 174 Å². The number of amides is 1. The topological polar surface area (TPSA) is 80.6 Å². The average molecular weight is 438 g/mol. The molecule has 1 amide bonds. The number of halogens is 4. The molecule has 0 bridgehead atoms. The van der Waals surface area contributed by atoms with Crippen LogP contribution >= 0.6 is 0 Å². The van der Waals surface area contributed by atoms with Crippen LogP contribution in [0.3, 0.4) is 0 Å². The molecule has 10 heteroatoms. The van der Waals surface area contributed by atoms with Crippen LogP contribution in [0.2, 0.25) is 0 Å². The van der Waals surface area contributed by atoms with Gasteiger partial charge in [-0.25, -0.2) is 4.39 Å². The fourth-order valence-corrected chi connectivity index (χ4v) is 3.32. The minimum Gasteiger partial charge on any atom is -0.505 e. The normalized spacial score (nSPS) is 11.5. The molecule has 0 aliphatic heterocycles. The van der Waals surface area contributed by atoms with E-state index in [0.29, 0.717) is 23.2 Å². The number of carbonyl (C=O) groups excluding carboxylic acids is 2. The minimum atomic E-state index is -4.87. The molecule has 0 aliphatic carbocycles. The van der Waals surface area contributed by atoms with Crippen molar-refractivity contribution in [3.63, 3.8) is 0 Å². The maximum Gasteiger partial charge on any atom is 0.573 e. The number of hydrogen-bond acceptors (Lipinski definition) is 4. The molecule has 0 saturated heterocycles. The van der Waals surface area contributed by atoms with E-state index in [9.17, 15) is 32.3 Å². The predicted molar refractivity (Wildman–Crippen MR) is 104 cm³/mol. The fraction of sp³-hybridized carbons (Fsp3) is 0.238. The number of ether oxygens (including phenoxy) is 1. The first-order valence-corrected chi connectivity index (χ1v) is 9.21. The van der Waals surface area contributed by atoms with Crippen LogP contribution in [0.25, 0.3) is 10.9 Å². The van der Waals surface area contributed by atoms with Crippen molar-refractivity contribution in [2.75, 3.05) is 6.54 Å². The van der Waals surface area contributed by atoms with Crippen molar-refractivity contribution in [2.45, 2.75) is 26.6 Å². The van der Waals surface area contributed by atoms with Gasteiger partial charge in [-0.3, -0.25) is 14.2 Å². The van der Waals surface area contributed by atoms with Crippen molar-refractivity contribution in [2.24, 2.45) is 0 Å². The highest BCUT2D eigenvalue weighted by Crippen LogP contribution is 2.32. The van der Waals surface area contributed by atoms with Gasteiger partial charge in [-0.05, 0) is 49.7 Å². The van der Waals surface area contributed by atoms with Gasteiger partial charge in [0.15, 0.2) is 11.6 Å². The standard InChI is InChI=1S/C21H18F4N2O4/c1-3-26-19(29)9-14-11(2)27(17-10-16(22)18(28)8-15(14)17)20(30)12-4-6-13(7-5-12)31-21(23,24)25/h4-8,10,28H,3,9H2,1-2H3,(H,26,29). The van der Waals surface area contributed by atoms with Crippen molar-refractivity contribution in [3.8, 4) is 11.5 Å². The Morgan fingerprint density at radius 3 is 2.39 bits per heavy atom. The maximum atomic E-state index is 14.1. The van der Waals surface area contributed by atoms with E-state index in [1.165, 1.54) is 0 Å². The van der Waals surface area contributed by atoms with Gasteiger partial charge >= 0.3 is 6.36 Å². The van der Waals surface area contributed by atoms with E-state index in [1.54, 1.807) is 13.8 Å². The number of aromatic hydroxyl groups is 1. The number of nitrogens with one attached hydrogen (secondary N) is 1. The van der Waals surface area contributed by atoms with Gasteiger partial charge in [0.1, 0.15) is 5.75 Å². The Morgan fingerprint density at radius 2 is 1.81 bits per heavy atom. The molecule has 1 aromatic heterocycles. The molecule has 164 valence electrons. The zero-order valence-corrected chi connectivity index (χ0v) is 16.5. The van der Waals surface area contributed by atoms with Crippen LogP contribution in [0, 0.1) is 12.7 Å². The number of alkyl halides is 3. The van der Waals surface area contributed by atoms with Crippen molar-refractivity contribution < 1.29 is 37.0 Å². The Hall–Kier alpha value is -3.56. The monoisotopic (exact) mass is 438 g/mol. The molecule has 0 spiro atoms. The molecule has 2 aromatic carbocycles. The van der Waals surface area contributed by atoms with Crippen LogP contribution in [0.15, 0.2) is 36.4 Å². The summed E-state index contributed by atoms with van der Waals surface area (Å²) in [7, 11) is 0. The molecule has 3 aromatic rings. The number of nitrogens with zero attached hydrogens (tertiary/aromatic N) is 1. The number of fused-ring (bicyclic) bond motifs is 1. The molecule has 1 heterocycles. The first kappa shape index (κ1) is 22.1. The highest BCUT2D eigenvalue weighted by Gasteiger charge is 2.31. The van der Waals surface area contributed by atoms with E-state index in [1.807, 2.05) is 0 Å². The number of rotatable bonds is 5. The zero-order valence-electron chi connectivity index (χ0n) is 16.5. The van der Waals surface area contributed by atoms with Crippen LogP contribution in [-0.2, 0) is 11.2 Å². The number of phenolic OH excluding ortho intramolecular Hbond substituents is 1. The smallest absolute Gasteiger partial charge is 0.505 e. The van der Waals surface area contributed by atoms with E-state index < -0.39 is 29.6 Å². The zero-order chi connectivity index (χ0) is 22.9. The largest absolute Gasteiger partial charge is 0.573 e. The second-order valence-corrected chi connectivity index (χ2v) is 6.73. The lowest BCUT2D eigenvalue weighted by Gasteiger charge is -2.11. The second kappa shape index (κ2) is 8.29. The summed E-state index contributed by atoms with van der Waals surface area (Å²) in [5.41, 5.74) is 0.897. The summed E-state index contributed by atoms with van der Waals surface area (Å²) in [6.07, 6.45) is -4.98. The van der Waals surface area contributed by atoms with E-state index in [4.69, 9.17) is 0 Å². The molecular formula is C21H18F4N2O4. The first-order chi connectivity index (χ1) is 14.5. The maximum absolute atomic E-state index is 14.1. The number of likely N-dealkylation sites (N-methyl/N-ethyl adjacent to an activating group) is 1. The summed E-state index contributed by atoms with van der Waals surface area (Å²) in [6.45, 7) is 3.69. The minimum absolute atomic E-state index is 0.0209. The van der Waals surface area contributed by atoms with Gasteiger partial charge in [-0.1, -0.05) is 0 Å². The van der Waals surface area contributed by atoms with Crippen LogP contribution in [0.4, 0.5) is 17.6 Å². The SMILES string of the molecule is CCNC(=O)Cc1c(C)n(C(=O)c2ccc(OC(F)(F)F)cc2)c2cc(F)c(O)cc12. The van der Waals surface area contributed by atoms with Crippen LogP contribution in [0.5, 0.6) is 11.5 Å². The molecule has 0 fully saturated rings. The van der Waals surface area contributed by atoms with Crippen LogP contribution < -0.4 is 10.1 Å². The summed E-state index contributed by atoms with van der Waals surface area (Å²) in [5.74, 6) is -3.06. The number of benzene rings is 2. The molecule has 0 radical (unpaired) electrons. The first-order valence-electron chi connectivity index (χ1n) is 9.21. The summed E-state index contributed by atoms with van der Waals surface area (Å²) in [4.78, 5) is 25.2. The Kier molecular flexibility index (Phi) is 5.92. The fourth-order valence-electron chi connectivity index (χ4n) is 3.32. The lowest BCUT2D eigenvalue weighted by Crippen LogP contribution is -2.24. The van der Waals surface area contributed by atoms with E-state index in [-0.39, 0.29) is 23.4 Å². The van der Waals surface area contributed by atoms with E-state index in [0.717, 1.165) is 41.0 Å². The van der Waals surface area contributed by atoms with Gasteiger partial charge in [-0.2, -0.15) is 0 Å². The van der Waals surface area contributed by atoms with E-state index in [2.05, 4.69) is 10.1 Å². The van der Waals surface area contributed by atoms with Gasteiger partial charge < -0.3 is 15.2 Å². The summed E-state index contributed by atoms with van der Waals surface area (Å²) in [5, 5.41) is 12.7. The van der Waals surface area contributed by atoms with E-state index >= 15 is 0 Å². The number of phenols is 1. The van der Waals surface area contributed by atoms with Crippen molar-refractivity contribution >= 4 is 22.7 Å². The molecule has 0 unspecified atom stereocenters. The Bertz CT molecular complexity index is 1150. The van der Waals surface area contributed by atoms with Crippen molar-refractivity contribution in [1.82, 2.24) is 9.88 Å². The average Bonchev–Trinajstić information content (AvgIpc) is 2.92. The molecule has 31 heavy (non-hydrogen) atoms. The lowest BCUT2D eigenvalue weighted by atomic mass is 10.1. The third kappa shape index (κ3) is 4.62. The molecule has 0 atom stereocenters. The highest BCUT2D eigenvalue weighted by atomic mass is 19.4. The number of aromatic nitrogens is 1. The molecule has 3 rings (SSSR count). The highest BCUT2D eigenvalue weighted by molar-refractivity contribution is 6.05. The Morgan fingerprint density at radius 1 is 1.16 bits per heavy atom. The summed E-state index contributed by atoms with van der Waals surface area (Å²) in [6, 6.07) is 6.38. The van der Waals surface area contributed by atoms with Gasteiger partial charge in [0.2, 0.25) is 5.91 Å². The molecular weight excluding hydrogens is 420 g/mol. The van der Waals surface area contributed by atoms with Crippen LogP contribution in [-0.4, -0.2) is 34.4 Å². The molecule has 0 saturated carbocycles. The number of carbonyl (C=O) groups is 2. The van der Waals surface area contributed by atoms with Gasteiger partial charge in [0.25, 0.3) is 5.91 Å². The number of hydrogen-bond donors (Lipinski definition) is 2. The summed E-state index contributed by atoms with van der Waals surface area (Å²) >= 11 is 0. The quantitative estimate of drug-likeness (QED) is 0.589. The summed E-state index contributed by atoms with van der Waals surface area (Å²) < 4.78 is 56.0. The Balaban J connectivity index is 2.08. The van der Waals surface area contributed by atoms with Gasteiger partial charge in [-0.15, -0.1) is 13.2 Å². The van der Waals surface area contributed by atoms with Crippen LogP contribution in [0.1, 0.15) is 28.5 Å². The third-order valence-corrected chi connectivity index (χ3v) is 4.65. The molecule has 6 nitrogen and oxygen atoms in total. The molecule has 2 N–H and O–H groups in total. The van der Waals surface area contributed by atoms with Crippen molar-refractivity contribution in [3.05, 3.63) is 59.0 Å².